The molecule has 3 aromatic rings. The Kier molecular flexibility index (Phi) is 6.96. The van der Waals surface area contributed by atoms with Gasteiger partial charge in [0, 0.05) is 33.4 Å². The van der Waals surface area contributed by atoms with Gasteiger partial charge in [-0.1, -0.05) is 45.7 Å². The average molecular weight is 557 g/mol. The number of benzene rings is 3. The van der Waals surface area contributed by atoms with Crippen molar-refractivity contribution in [2.24, 2.45) is 9.98 Å². The zero-order valence-electron chi connectivity index (χ0n) is 25.5. The number of rotatable bonds is 2. The summed E-state index contributed by atoms with van der Waals surface area (Å²) < 4.78 is 1.02. The first-order valence-electron chi connectivity index (χ1n) is 14.1. The lowest BCUT2D eigenvalue weighted by atomic mass is 9.84. The molecular weight excluding hydrogens is 520 g/mol. The molecule has 0 N–H and O–H groups in total. The van der Waals surface area contributed by atoms with Crippen molar-refractivity contribution >= 4 is 11.7 Å². The van der Waals surface area contributed by atoms with Crippen molar-refractivity contribution in [3.05, 3.63) is 116 Å². The molecule has 0 spiro atoms. The van der Waals surface area contributed by atoms with E-state index in [9.17, 15) is 10.1 Å². The standard InChI is InChI=1S/C36H36N4O2/c1-33(2)35(5,6)39(41)31(37-33)29-21-17-27(18-22-29)15-13-25-9-11-26(12-10-25)14-16-28-19-23-30(24-20-28)32-38-34(3,4)36(7,8)40(32)42/h9-12,17-24H,1-8H3. The molecule has 42 heavy (non-hydrogen) atoms. The Morgan fingerprint density at radius 3 is 1.31 bits per heavy atom. The number of aliphatic imine (C=N–C) groups is 2. The monoisotopic (exact) mass is 556 g/mol. The topological polar surface area (TPSA) is 71.1 Å². The van der Waals surface area contributed by atoms with Gasteiger partial charge in [-0.3, -0.25) is 4.99 Å². The fourth-order valence-corrected chi connectivity index (χ4v) is 4.61. The van der Waals surface area contributed by atoms with Crippen LogP contribution in [0.25, 0.3) is 0 Å². The Hall–Kier alpha value is -4.52. The molecule has 5 rings (SSSR count). The van der Waals surface area contributed by atoms with Crippen LogP contribution in [0.5, 0.6) is 0 Å². The molecule has 6 nitrogen and oxygen atoms in total. The Balaban J connectivity index is 1.24. The Bertz CT molecular complexity index is 1730. The van der Waals surface area contributed by atoms with Crippen LogP contribution in [-0.2, 0) is 0 Å². The Morgan fingerprint density at radius 2 is 0.976 bits per heavy atom. The summed E-state index contributed by atoms with van der Waals surface area (Å²) >= 11 is 0. The first-order valence-corrected chi connectivity index (χ1v) is 14.1. The maximum atomic E-state index is 12.8. The fourth-order valence-electron chi connectivity index (χ4n) is 4.61. The summed E-state index contributed by atoms with van der Waals surface area (Å²) in [6, 6.07) is 23.1. The third-order valence-electron chi connectivity index (χ3n) is 9.04. The van der Waals surface area contributed by atoms with E-state index in [1.165, 1.54) is 0 Å². The molecule has 0 fully saturated rings. The van der Waals surface area contributed by atoms with Crippen LogP contribution >= 0.6 is 0 Å². The molecule has 0 bridgehead atoms. The maximum Gasteiger partial charge on any atom is 0.364 e. The average Bonchev–Trinajstić information content (AvgIpc) is 3.23. The molecule has 0 aliphatic carbocycles. The number of hydroxylamine groups is 2. The smallest absolute Gasteiger partial charge is 0.364 e. The summed E-state index contributed by atoms with van der Waals surface area (Å²) in [5.74, 6) is 13.7. The summed E-state index contributed by atoms with van der Waals surface area (Å²) in [4.78, 5) is 22.2. The van der Waals surface area contributed by atoms with E-state index in [1.54, 1.807) is 0 Å². The number of amidine groups is 2. The van der Waals surface area contributed by atoms with Crippen molar-refractivity contribution < 1.29 is 4.76 Å². The first kappa shape index (κ1) is 29.0. The zero-order valence-corrected chi connectivity index (χ0v) is 25.5. The predicted octanol–water partition coefficient (Wildman–Crippen LogP) is 6.70. The second-order valence-corrected chi connectivity index (χ2v) is 12.9. The molecule has 0 atom stereocenters. The summed E-state index contributed by atoms with van der Waals surface area (Å²) in [5, 5.41) is 13.9. The molecule has 3 aromatic carbocycles. The van der Waals surface area contributed by atoms with E-state index < -0.39 is 22.2 Å². The van der Waals surface area contributed by atoms with Gasteiger partial charge in [0.1, 0.15) is 5.84 Å². The van der Waals surface area contributed by atoms with E-state index >= 15 is 0 Å². The van der Waals surface area contributed by atoms with Crippen LogP contribution in [0.3, 0.4) is 0 Å². The summed E-state index contributed by atoms with van der Waals surface area (Å²) in [5.41, 5.74) is 2.91. The summed E-state index contributed by atoms with van der Waals surface area (Å²) in [6.45, 7) is 15.6. The third kappa shape index (κ3) is 5.04. The second kappa shape index (κ2) is 10.1. The molecule has 6 heteroatoms. The Labute approximate surface area is 248 Å². The molecule has 212 valence electrons. The lowest BCUT2D eigenvalue weighted by Gasteiger charge is -2.45. The molecule has 0 amide bonds. The second-order valence-electron chi connectivity index (χ2n) is 12.9. The fraction of sp³-hybridized carbons (Fsp3) is 0.333. The number of hydrogen-bond acceptors (Lipinski definition) is 5. The highest BCUT2D eigenvalue weighted by Gasteiger charge is 2.59. The molecule has 2 aliphatic heterocycles. The van der Waals surface area contributed by atoms with Crippen molar-refractivity contribution in [2.45, 2.75) is 77.5 Å². The van der Waals surface area contributed by atoms with Gasteiger partial charge >= 0.3 is 5.84 Å². The van der Waals surface area contributed by atoms with Crippen LogP contribution in [-0.4, -0.2) is 43.7 Å². The molecule has 0 saturated heterocycles. The van der Waals surface area contributed by atoms with Gasteiger partial charge in [-0.2, -0.15) is 0 Å². The molecule has 0 saturated carbocycles. The highest BCUT2D eigenvalue weighted by atomic mass is 16.5. The lowest BCUT2D eigenvalue weighted by molar-refractivity contribution is -0.514. The summed E-state index contributed by atoms with van der Waals surface area (Å²) in [6.07, 6.45) is 0. The summed E-state index contributed by atoms with van der Waals surface area (Å²) in [7, 11) is 0. The molecule has 0 radical (unpaired) electrons. The minimum atomic E-state index is -0.608. The number of nitroso groups, excluding NO2 is 1. The van der Waals surface area contributed by atoms with Crippen molar-refractivity contribution in [1.29, 1.82) is 0 Å². The molecule has 0 aromatic heterocycles. The van der Waals surface area contributed by atoms with E-state index in [-0.39, 0.29) is 0 Å². The van der Waals surface area contributed by atoms with Gasteiger partial charge in [-0.15, -0.1) is 0 Å². The first-order chi connectivity index (χ1) is 19.6. The minimum absolute atomic E-state index is 0.461. The highest BCUT2D eigenvalue weighted by molar-refractivity contribution is 6.01. The zero-order chi connectivity index (χ0) is 30.5. The van der Waals surface area contributed by atoms with Crippen LogP contribution in [0.2, 0.25) is 0 Å². The van der Waals surface area contributed by atoms with Gasteiger partial charge in [-0.05, 0) is 121 Å². The maximum absolute atomic E-state index is 12.8. The van der Waals surface area contributed by atoms with Crippen molar-refractivity contribution in [3.63, 3.8) is 0 Å². The van der Waals surface area contributed by atoms with E-state index in [2.05, 4.69) is 33.7 Å². The van der Waals surface area contributed by atoms with E-state index in [0.29, 0.717) is 11.7 Å². The van der Waals surface area contributed by atoms with Gasteiger partial charge < -0.3 is 10.3 Å². The Morgan fingerprint density at radius 1 is 0.595 bits per heavy atom. The van der Waals surface area contributed by atoms with Crippen molar-refractivity contribution in [2.75, 3.05) is 0 Å². The third-order valence-corrected chi connectivity index (χ3v) is 9.04. The highest BCUT2D eigenvalue weighted by Crippen LogP contribution is 2.38. The van der Waals surface area contributed by atoms with E-state index in [4.69, 9.17) is 0 Å². The van der Waals surface area contributed by atoms with Gasteiger partial charge in [0.25, 0.3) is 0 Å². The lowest BCUT2D eigenvalue weighted by Crippen LogP contribution is -2.50. The van der Waals surface area contributed by atoms with Crippen LogP contribution < -0.4 is 0 Å². The SMILES string of the molecule is CC1(C)N=C(c2ccc(C#Cc3ccc(C#Cc4ccc(C5=NC(C)(C)C(C)(C)[N+]5=O)cc4)cc3)cc2)N([O-])C1(C)C. The van der Waals surface area contributed by atoms with Crippen LogP contribution in [0.1, 0.15) is 88.8 Å². The van der Waals surface area contributed by atoms with Crippen molar-refractivity contribution in [3.8, 4) is 23.7 Å². The molecule has 0 unspecified atom stereocenters. The van der Waals surface area contributed by atoms with Gasteiger partial charge in [0.15, 0.2) is 11.1 Å². The van der Waals surface area contributed by atoms with Crippen molar-refractivity contribution in [1.82, 2.24) is 5.06 Å². The van der Waals surface area contributed by atoms with Gasteiger partial charge in [-0.25, -0.2) is 0 Å². The van der Waals surface area contributed by atoms with Crippen LogP contribution in [0, 0.1) is 33.8 Å². The van der Waals surface area contributed by atoms with Gasteiger partial charge in [0.05, 0.1) is 11.1 Å². The van der Waals surface area contributed by atoms with Gasteiger partial charge in [0.2, 0.25) is 0 Å². The molecule has 2 heterocycles. The van der Waals surface area contributed by atoms with E-state index in [1.807, 2.05) is 128 Å². The van der Waals surface area contributed by atoms with E-state index in [0.717, 1.165) is 43.2 Å². The largest absolute Gasteiger partial charge is 0.757 e. The number of hydrogen-bond donors (Lipinski definition) is 0. The normalized spacial score (nSPS) is 19.3. The molecule has 2 aliphatic rings. The minimum Gasteiger partial charge on any atom is -0.757 e. The molecular formula is C36H36N4O2. The predicted molar refractivity (Wildman–Crippen MR) is 170 cm³/mol. The quantitative estimate of drug-likeness (QED) is 0.261. The number of nitrogens with zero attached hydrogens (tertiary/aromatic N) is 4. The van der Waals surface area contributed by atoms with Crippen LogP contribution in [0.4, 0.5) is 0 Å². The van der Waals surface area contributed by atoms with Crippen LogP contribution in [0.15, 0.2) is 82.8 Å².